The minimum atomic E-state index is -0.196. The van der Waals surface area contributed by atoms with Crippen LogP contribution in [0.25, 0.3) is 6.08 Å². The van der Waals surface area contributed by atoms with Gasteiger partial charge in [0.1, 0.15) is 0 Å². The maximum atomic E-state index is 12.1. The summed E-state index contributed by atoms with van der Waals surface area (Å²) < 4.78 is 11.6. The van der Waals surface area contributed by atoms with Crippen LogP contribution in [0.4, 0.5) is 5.69 Å². The van der Waals surface area contributed by atoms with Crippen molar-refractivity contribution in [1.82, 2.24) is 0 Å². The van der Waals surface area contributed by atoms with Crippen molar-refractivity contribution in [3.05, 3.63) is 57.6 Å². The highest BCUT2D eigenvalue weighted by atomic mass is 79.9. The van der Waals surface area contributed by atoms with Crippen LogP contribution in [0.1, 0.15) is 16.7 Å². The smallest absolute Gasteiger partial charge is 0.248 e. The third-order valence-electron chi connectivity index (χ3n) is 3.42. The van der Waals surface area contributed by atoms with Gasteiger partial charge in [0.2, 0.25) is 12.7 Å². The second kappa shape index (κ2) is 6.46. The lowest BCUT2D eigenvalue weighted by Gasteiger charge is -2.06. The van der Waals surface area contributed by atoms with Crippen molar-refractivity contribution in [2.75, 3.05) is 12.1 Å². The lowest BCUT2D eigenvalue weighted by Crippen LogP contribution is -2.08. The van der Waals surface area contributed by atoms with Crippen molar-refractivity contribution in [1.29, 1.82) is 0 Å². The van der Waals surface area contributed by atoms with Crippen molar-refractivity contribution < 1.29 is 14.3 Å². The zero-order valence-electron chi connectivity index (χ0n) is 12.9. The largest absolute Gasteiger partial charge is 0.454 e. The molecule has 5 heteroatoms. The first-order valence-corrected chi connectivity index (χ1v) is 7.98. The Labute approximate surface area is 143 Å². The number of amides is 1. The Morgan fingerprint density at radius 3 is 2.65 bits per heavy atom. The van der Waals surface area contributed by atoms with E-state index in [9.17, 15) is 4.79 Å². The Morgan fingerprint density at radius 2 is 1.91 bits per heavy atom. The van der Waals surface area contributed by atoms with Crippen LogP contribution < -0.4 is 14.8 Å². The van der Waals surface area contributed by atoms with Crippen molar-refractivity contribution in [2.45, 2.75) is 13.8 Å². The van der Waals surface area contributed by atoms with E-state index in [2.05, 4.69) is 27.3 Å². The number of rotatable bonds is 3. The molecule has 0 bridgehead atoms. The van der Waals surface area contributed by atoms with Crippen molar-refractivity contribution in [3.63, 3.8) is 0 Å². The van der Waals surface area contributed by atoms with E-state index in [1.54, 1.807) is 6.08 Å². The first-order chi connectivity index (χ1) is 11.0. The first kappa shape index (κ1) is 15.6. The van der Waals surface area contributed by atoms with Crippen LogP contribution in [0, 0.1) is 13.8 Å². The molecule has 1 amide bonds. The normalized spacial score (nSPS) is 12.7. The van der Waals surface area contributed by atoms with Gasteiger partial charge in [-0.1, -0.05) is 22.0 Å². The third-order valence-corrected chi connectivity index (χ3v) is 4.11. The molecule has 4 nitrogen and oxygen atoms in total. The summed E-state index contributed by atoms with van der Waals surface area (Å²) >= 11 is 3.47. The molecule has 2 aromatic carbocycles. The Kier molecular flexibility index (Phi) is 4.39. The molecule has 0 radical (unpaired) electrons. The maximum Gasteiger partial charge on any atom is 0.248 e. The van der Waals surface area contributed by atoms with E-state index >= 15 is 0 Å². The molecule has 0 saturated carbocycles. The molecule has 1 N–H and O–H groups in total. The molecular formula is C18H16BrNO3. The van der Waals surface area contributed by atoms with Crippen molar-refractivity contribution in [2.24, 2.45) is 0 Å². The van der Waals surface area contributed by atoms with Crippen LogP contribution in [0.15, 0.2) is 40.9 Å². The SMILES string of the molecule is Cc1cc(C)cc(NC(=O)/C=C/c2c(Br)ccc3c2OCO3)c1. The maximum absolute atomic E-state index is 12.1. The number of anilines is 1. The zero-order chi connectivity index (χ0) is 16.4. The van der Waals surface area contributed by atoms with E-state index < -0.39 is 0 Å². The molecule has 1 heterocycles. The van der Waals surface area contributed by atoms with Gasteiger partial charge in [0.05, 0.1) is 0 Å². The minimum Gasteiger partial charge on any atom is -0.454 e. The van der Waals surface area contributed by atoms with E-state index in [1.165, 1.54) is 6.08 Å². The van der Waals surface area contributed by atoms with Gasteiger partial charge in [-0.3, -0.25) is 4.79 Å². The van der Waals surface area contributed by atoms with Gasteiger partial charge < -0.3 is 14.8 Å². The molecule has 1 aliphatic rings. The Balaban J connectivity index is 1.78. The predicted molar refractivity (Wildman–Crippen MR) is 93.8 cm³/mol. The number of halogens is 1. The van der Waals surface area contributed by atoms with Gasteiger partial charge in [0.25, 0.3) is 0 Å². The number of benzene rings is 2. The van der Waals surface area contributed by atoms with E-state index in [4.69, 9.17) is 9.47 Å². The standard InChI is InChI=1S/C18H16BrNO3/c1-11-7-12(2)9-13(8-11)20-17(21)6-3-14-15(19)4-5-16-18(14)23-10-22-16/h3-9H,10H2,1-2H3,(H,20,21)/b6-3+. The fourth-order valence-electron chi connectivity index (χ4n) is 2.52. The second-order valence-corrected chi connectivity index (χ2v) is 6.25. The number of nitrogens with one attached hydrogen (secondary N) is 1. The van der Waals surface area contributed by atoms with Crippen LogP contribution in [-0.2, 0) is 4.79 Å². The third kappa shape index (κ3) is 3.56. The first-order valence-electron chi connectivity index (χ1n) is 7.18. The van der Waals surface area contributed by atoms with Crippen molar-refractivity contribution in [3.8, 4) is 11.5 Å². The van der Waals surface area contributed by atoms with Gasteiger partial charge in [-0.15, -0.1) is 0 Å². The van der Waals surface area contributed by atoms with Crippen LogP contribution in [-0.4, -0.2) is 12.7 Å². The molecule has 0 atom stereocenters. The summed E-state index contributed by atoms with van der Waals surface area (Å²) in [6.07, 6.45) is 3.20. The molecule has 0 spiro atoms. The molecule has 0 unspecified atom stereocenters. The van der Waals surface area contributed by atoms with Crippen LogP contribution >= 0.6 is 15.9 Å². The lowest BCUT2D eigenvalue weighted by molar-refractivity contribution is -0.111. The van der Waals surface area contributed by atoms with Gasteiger partial charge in [0.15, 0.2) is 11.5 Å². The number of hydrogen-bond donors (Lipinski definition) is 1. The number of hydrogen-bond acceptors (Lipinski definition) is 3. The quantitative estimate of drug-likeness (QED) is 0.808. The molecule has 0 aromatic heterocycles. The average Bonchev–Trinajstić information content (AvgIpc) is 2.93. The highest BCUT2D eigenvalue weighted by molar-refractivity contribution is 9.10. The predicted octanol–water partition coefficient (Wildman–Crippen LogP) is 4.45. The summed E-state index contributed by atoms with van der Waals surface area (Å²) in [7, 11) is 0. The van der Waals surface area contributed by atoms with E-state index in [0.717, 1.165) is 26.9 Å². The second-order valence-electron chi connectivity index (χ2n) is 5.39. The number of ether oxygens (including phenoxy) is 2. The number of carbonyl (C=O) groups is 1. The molecule has 0 saturated heterocycles. The molecule has 0 fully saturated rings. The highest BCUT2D eigenvalue weighted by Gasteiger charge is 2.18. The summed E-state index contributed by atoms with van der Waals surface area (Å²) in [6, 6.07) is 9.64. The summed E-state index contributed by atoms with van der Waals surface area (Å²) in [5.74, 6) is 1.14. The Morgan fingerprint density at radius 1 is 1.17 bits per heavy atom. The number of aryl methyl sites for hydroxylation is 2. The van der Waals surface area contributed by atoms with Gasteiger partial charge in [0, 0.05) is 21.8 Å². The summed E-state index contributed by atoms with van der Waals surface area (Å²) in [5, 5.41) is 2.87. The van der Waals surface area contributed by atoms with E-state index in [-0.39, 0.29) is 12.7 Å². The molecule has 2 aromatic rings. The fourth-order valence-corrected chi connectivity index (χ4v) is 2.96. The zero-order valence-corrected chi connectivity index (χ0v) is 14.4. The fraction of sp³-hybridized carbons (Fsp3) is 0.167. The molecular weight excluding hydrogens is 358 g/mol. The number of fused-ring (bicyclic) bond motifs is 1. The lowest BCUT2D eigenvalue weighted by atomic mass is 10.1. The van der Waals surface area contributed by atoms with E-state index in [0.29, 0.717) is 11.5 Å². The van der Waals surface area contributed by atoms with Gasteiger partial charge in [-0.05, 0) is 55.3 Å². The number of carbonyl (C=O) groups excluding carboxylic acids is 1. The van der Waals surface area contributed by atoms with E-state index in [1.807, 2.05) is 38.1 Å². The molecule has 118 valence electrons. The molecule has 23 heavy (non-hydrogen) atoms. The Hall–Kier alpha value is -2.27. The summed E-state index contributed by atoms with van der Waals surface area (Å²) in [6.45, 7) is 4.20. The molecule has 3 rings (SSSR count). The van der Waals surface area contributed by atoms with Gasteiger partial charge >= 0.3 is 0 Å². The Bertz CT molecular complexity index is 779. The van der Waals surface area contributed by atoms with Crippen LogP contribution in [0.3, 0.4) is 0 Å². The average molecular weight is 374 g/mol. The topological polar surface area (TPSA) is 47.6 Å². The molecule has 0 aliphatic carbocycles. The van der Waals surface area contributed by atoms with Gasteiger partial charge in [-0.2, -0.15) is 0 Å². The highest BCUT2D eigenvalue weighted by Crippen LogP contribution is 2.40. The molecule has 1 aliphatic heterocycles. The summed E-state index contributed by atoms with van der Waals surface area (Å²) in [5.41, 5.74) is 3.79. The van der Waals surface area contributed by atoms with Gasteiger partial charge in [-0.25, -0.2) is 0 Å². The van der Waals surface area contributed by atoms with Crippen LogP contribution in [0.5, 0.6) is 11.5 Å². The monoisotopic (exact) mass is 373 g/mol. The van der Waals surface area contributed by atoms with Crippen molar-refractivity contribution >= 4 is 33.6 Å². The minimum absolute atomic E-state index is 0.196. The summed E-state index contributed by atoms with van der Waals surface area (Å²) in [4.78, 5) is 12.1. The van der Waals surface area contributed by atoms with Crippen LogP contribution in [0.2, 0.25) is 0 Å².